The maximum atomic E-state index is 11.2. The SMILES string of the molecule is O=Cc1c(O)n(-c2ccccc2)[nH]c1=O. The molecule has 0 aliphatic rings. The van der Waals surface area contributed by atoms with Crippen molar-refractivity contribution < 1.29 is 9.90 Å². The van der Waals surface area contributed by atoms with Gasteiger partial charge in [0.25, 0.3) is 5.56 Å². The Bertz CT molecular complexity index is 540. The fourth-order valence-electron chi connectivity index (χ4n) is 1.31. The van der Waals surface area contributed by atoms with E-state index in [1.54, 1.807) is 24.3 Å². The van der Waals surface area contributed by atoms with Crippen molar-refractivity contribution in [2.75, 3.05) is 0 Å². The summed E-state index contributed by atoms with van der Waals surface area (Å²) >= 11 is 0. The van der Waals surface area contributed by atoms with Crippen LogP contribution in [0.3, 0.4) is 0 Å². The number of hydrogen-bond acceptors (Lipinski definition) is 3. The summed E-state index contributed by atoms with van der Waals surface area (Å²) in [6.45, 7) is 0. The van der Waals surface area contributed by atoms with Crippen LogP contribution in [0.2, 0.25) is 0 Å². The number of nitrogens with one attached hydrogen (secondary N) is 1. The fraction of sp³-hybridized carbons (Fsp3) is 0. The molecule has 0 saturated carbocycles. The Kier molecular flexibility index (Phi) is 2.13. The van der Waals surface area contributed by atoms with Gasteiger partial charge in [-0.1, -0.05) is 18.2 Å². The van der Waals surface area contributed by atoms with E-state index < -0.39 is 5.56 Å². The first-order valence-corrected chi connectivity index (χ1v) is 4.28. The van der Waals surface area contributed by atoms with E-state index in [0.29, 0.717) is 12.0 Å². The number of aromatic nitrogens is 2. The lowest BCUT2D eigenvalue weighted by Gasteiger charge is -2.02. The van der Waals surface area contributed by atoms with Crippen molar-refractivity contribution in [2.45, 2.75) is 0 Å². The van der Waals surface area contributed by atoms with Crippen LogP contribution < -0.4 is 5.56 Å². The van der Waals surface area contributed by atoms with Gasteiger partial charge in [-0.2, -0.15) is 0 Å². The first kappa shape index (κ1) is 9.26. The van der Waals surface area contributed by atoms with E-state index in [0.717, 1.165) is 4.68 Å². The standard InChI is InChI=1S/C10H8N2O3/c13-6-8-9(14)11-12(10(8)15)7-4-2-1-3-5-7/h1-6,15H,(H,11,14). The Morgan fingerprint density at radius 2 is 1.93 bits per heavy atom. The molecule has 0 unspecified atom stereocenters. The van der Waals surface area contributed by atoms with Gasteiger partial charge in [-0.3, -0.25) is 14.7 Å². The first-order valence-electron chi connectivity index (χ1n) is 4.28. The molecule has 0 aliphatic heterocycles. The van der Waals surface area contributed by atoms with Crippen molar-refractivity contribution in [1.29, 1.82) is 0 Å². The third-order valence-electron chi connectivity index (χ3n) is 2.04. The summed E-state index contributed by atoms with van der Waals surface area (Å²) in [6.07, 6.45) is 0.327. The number of benzene rings is 1. The van der Waals surface area contributed by atoms with Crippen LogP contribution in [0.15, 0.2) is 35.1 Å². The monoisotopic (exact) mass is 204 g/mol. The van der Waals surface area contributed by atoms with E-state index in [1.807, 2.05) is 6.07 Å². The molecule has 2 rings (SSSR count). The van der Waals surface area contributed by atoms with Gasteiger partial charge in [-0.05, 0) is 12.1 Å². The molecule has 1 aromatic carbocycles. The zero-order valence-electron chi connectivity index (χ0n) is 7.68. The van der Waals surface area contributed by atoms with Crippen LogP contribution in [0, 0.1) is 0 Å². The van der Waals surface area contributed by atoms with Crippen LogP contribution in [0.25, 0.3) is 5.69 Å². The van der Waals surface area contributed by atoms with Gasteiger partial charge in [0.2, 0.25) is 5.88 Å². The molecular formula is C10H8N2O3. The molecule has 0 spiro atoms. The summed E-state index contributed by atoms with van der Waals surface area (Å²) in [5.41, 5.74) is -0.287. The lowest BCUT2D eigenvalue weighted by atomic mass is 10.3. The van der Waals surface area contributed by atoms with E-state index in [2.05, 4.69) is 5.10 Å². The minimum absolute atomic E-state index is 0.265. The second-order valence-electron chi connectivity index (χ2n) is 2.97. The Morgan fingerprint density at radius 3 is 2.47 bits per heavy atom. The van der Waals surface area contributed by atoms with Gasteiger partial charge >= 0.3 is 0 Å². The van der Waals surface area contributed by atoms with Gasteiger partial charge in [0.1, 0.15) is 5.56 Å². The predicted octanol–water partition coefficient (Wildman–Crippen LogP) is 0.684. The van der Waals surface area contributed by atoms with Crippen LogP contribution in [0.1, 0.15) is 10.4 Å². The largest absolute Gasteiger partial charge is 0.493 e. The number of carbonyl (C=O) groups is 1. The highest BCUT2D eigenvalue weighted by Gasteiger charge is 2.13. The maximum Gasteiger partial charge on any atom is 0.279 e. The van der Waals surface area contributed by atoms with Crippen LogP contribution in [0.4, 0.5) is 0 Å². The summed E-state index contributed by atoms with van der Waals surface area (Å²) in [7, 11) is 0. The second-order valence-corrected chi connectivity index (χ2v) is 2.97. The minimum atomic E-state index is -0.605. The van der Waals surface area contributed by atoms with E-state index in [1.165, 1.54) is 0 Å². The molecular weight excluding hydrogens is 196 g/mol. The number of hydrogen-bond donors (Lipinski definition) is 2. The molecule has 0 atom stereocenters. The van der Waals surface area contributed by atoms with Crippen molar-refractivity contribution in [1.82, 2.24) is 9.78 Å². The zero-order valence-corrected chi connectivity index (χ0v) is 7.68. The Morgan fingerprint density at radius 1 is 1.27 bits per heavy atom. The van der Waals surface area contributed by atoms with Gasteiger partial charge in [0, 0.05) is 0 Å². The van der Waals surface area contributed by atoms with Crippen molar-refractivity contribution in [3.63, 3.8) is 0 Å². The average molecular weight is 204 g/mol. The van der Waals surface area contributed by atoms with Crippen LogP contribution in [-0.4, -0.2) is 21.2 Å². The van der Waals surface area contributed by atoms with Crippen LogP contribution in [-0.2, 0) is 0 Å². The molecule has 76 valence electrons. The molecule has 5 heteroatoms. The van der Waals surface area contributed by atoms with Gasteiger partial charge < -0.3 is 5.11 Å². The smallest absolute Gasteiger partial charge is 0.279 e. The quantitative estimate of drug-likeness (QED) is 0.706. The van der Waals surface area contributed by atoms with E-state index in [4.69, 9.17) is 0 Å². The summed E-state index contributed by atoms with van der Waals surface area (Å²) in [6, 6.07) is 8.72. The van der Waals surface area contributed by atoms with E-state index in [-0.39, 0.29) is 11.4 Å². The normalized spacial score (nSPS) is 10.1. The number of aromatic amines is 1. The van der Waals surface area contributed by atoms with Crippen molar-refractivity contribution >= 4 is 6.29 Å². The Balaban J connectivity index is 2.65. The molecule has 0 aliphatic carbocycles. The van der Waals surface area contributed by atoms with E-state index in [9.17, 15) is 14.7 Å². The molecule has 1 heterocycles. The summed E-state index contributed by atoms with van der Waals surface area (Å²) < 4.78 is 1.16. The summed E-state index contributed by atoms with van der Waals surface area (Å²) in [5, 5.41) is 11.9. The highest BCUT2D eigenvalue weighted by atomic mass is 16.3. The molecule has 1 aromatic heterocycles. The molecule has 0 radical (unpaired) electrons. The van der Waals surface area contributed by atoms with Gasteiger partial charge in [0.15, 0.2) is 6.29 Å². The van der Waals surface area contributed by atoms with Crippen molar-refractivity contribution in [3.8, 4) is 11.6 Å². The van der Waals surface area contributed by atoms with Crippen LogP contribution in [0.5, 0.6) is 5.88 Å². The molecule has 15 heavy (non-hydrogen) atoms. The molecule has 2 aromatic rings. The fourth-order valence-corrected chi connectivity index (χ4v) is 1.31. The Hall–Kier alpha value is -2.30. The Labute approximate surface area is 84.6 Å². The summed E-state index contributed by atoms with van der Waals surface area (Å²) in [5.74, 6) is -0.374. The van der Waals surface area contributed by atoms with Gasteiger partial charge in [0.05, 0.1) is 5.69 Å². The number of rotatable bonds is 2. The molecule has 5 nitrogen and oxygen atoms in total. The first-order chi connectivity index (χ1) is 7.24. The lowest BCUT2D eigenvalue weighted by Crippen LogP contribution is -2.06. The number of aromatic hydroxyl groups is 1. The highest BCUT2D eigenvalue weighted by molar-refractivity contribution is 5.77. The molecule has 0 saturated heterocycles. The van der Waals surface area contributed by atoms with Crippen molar-refractivity contribution in [3.05, 3.63) is 46.2 Å². The summed E-state index contributed by atoms with van der Waals surface area (Å²) in [4.78, 5) is 21.7. The average Bonchev–Trinajstić information content (AvgIpc) is 2.55. The molecule has 2 N–H and O–H groups in total. The number of para-hydroxylation sites is 1. The highest BCUT2D eigenvalue weighted by Crippen LogP contribution is 2.15. The molecule has 0 amide bonds. The van der Waals surface area contributed by atoms with Crippen molar-refractivity contribution in [2.24, 2.45) is 0 Å². The zero-order chi connectivity index (χ0) is 10.8. The predicted molar refractivity (Wildman–Crippen MR) is 53.4 cm³/mol. The lowest BCUT2D eigenvalue weighted by molar-refractivity contribution is 0.112. The minimum Gasteiger partial charge on any atom is -0.493 e. The maximum absolute atomic E-state index is 11.2. The number of nitrogens with zero attached hydrogens (tertiary/aromatic N) is 1. The number of H-pyrrole nitrogens is 1. The van der Waals surface area contributed by atoms with E-state index >= 15 is 0 Å². The number of aldehydes is 1. The second kappa shape index (κ2) is 3.45. The van der Waals surface area contributed by atoms with Gasteiger partial charge in [-0.25, -0.2) is 4.68 Å². The molecule has 0 fully saturated rings. The van der Waals surface area contributed by atoms with Gasteiger partial charge in [-0.15, -0.1) is 0 Å². The third kappa shape index (κ3) is 1.43. The number of carbonyl (C=O) groups excluding carboxylic acids is 1. The third-order valence-corrected chi connectivity index (χ3v) is 2.04. The van der Waals surface area contributed by atoms with Crippen LogP contribution >= 0.6 is 0 Å². The topological polar surface area (TPSA) is 75.1 Å². The molecule has 0 bridgehead atoms.